The van der Waals surface area contributed by atoms with Crippen molar-refractivity contribution in [2.75, 3.05) is 0 Å². The molecule has 0 aliphatic carbocycles. The molecular formula is C13H17ClO. The molecule has 0 fully saturated rings. The van der Waals surface area contributed by atoms with Gasteiger partial charge in [0.1, 0.15) is 0 Å². The molecule has 1 atom stereocenters. The van der Waals surface area contributed by atoms with Gasteiger partial charge in [-0.25, -0.2) is 0 Å². The summed E-state index contributed by atoms with van der Waals surface area (Å²) in [5.41, 5.74) is 0.766. The maximum Gasteiger partial charge on any atom is 0.163 e. The zero-order valence-electron chi connectivity index (χ0n) is 9.29. The Morgan fingerprint density at radius 3 is 2.47 bits per heavy atom. The number of Topliss-reactive ketones (excluding diaryl/α,β-unsaturated/α-hetero) is 1. The van der Waals surface area contributed by atoms with Gasteiger partial charge in [0.05, 0.1) is 0 Å². The Morgan fingerprint density at radius 2 is 1.93 bits per heavy atom. The summed E-state index contributed by atoms with van der Waals surface area (Å²) >= 11 is 5.76. The summed E-state index contributed by atoms with van der Waals surface area (Å²) in [5, 5.41) is 0.674. The van der Waals surface area contributed by atoms with Crippen molar-refractivity contribution in [2.24, 2.45) is 5.92 Å². The molecular weight excluding hydrogens is 208 g/mol. The zero-order chi connectivity index (χ0) is 11.3. The third-order valence-corrected chi connectivity index (χ3v) is 2.73. The first-order valence-corrected chi connectivity index (χ1v) is 5.80. The average molecular weight is 225 g/mol. The van der Waals surface area contributed by atoms with Crippen molar-refractivity contribution in [3.63, 3.8) is 0 Å². The molecule has 1 aromatic carbocycles. The van der Waals surface area contributed by atoms with E-state index in [1.807, 2.05) is 0 Å². The van der Waals surface area contributed by atoms with Crippen LogP contribution in [0.5, 0.6) is 0 Å². The van der Waals surface area contributed by atoms with Crippen molar-refractivity contribution in [1.29, 1.82) is 0 Å². The van der Waals surface area contributed by atoms with E-state index in [4.69, 9.17) is 11.6 Å². The van der Waals surface area contributed by atoms with Crippen LogP contribution in [0.15, 0.2) is 24.3 Å². The normalized spacial score (nSPS) is 12.5. The molecule has 0 spiro atoms. The van der Waals surface area contributed by atoms with E-state index in [0.717, 1.165) is 18.4 Å². The van der Waals surface area contributed by atoms with Crippen molar-refractivity contribution in [2.45, 2.75) is 33.1 Å². The molecule has 15 heavy (non-hydrogen) atoms. The number of ketones is 1. The summed E-state index contributed by atoms with van der Waals surface area (Å²) in [4.78, 5) is 11.8. The molecule has 0 heterocycles. The summed E-state index contributed by atoms with van der Waals surface area (Å²) < 4.78 is 0. The highest BCUT2D eigenvalue weighted by molar-refractivity contribution is 6.30. The van der Waals surface area contributed by atoms with Crippen molar-refractivity contribution < 1.29 is 4.79 Å². The molecule has 82 valence electrons. The van der Waals surface area contributed by atoms with Gasteiger partial charge < -0.3 is 0 Å². The summed E-state index contributed by atoms with van der Waals surface area (Å²) in [6.07, 6.45) is 2.88. The quantitative estimate of drug-likeness (QED) is 0.680. The van der Waals surface area contributed by atoms with Crippen LogP contribution in [-0.4, -0.2) is 5.78 Å². The van der Waals surface area contributed by atoms with Crippen molar-refractivity contribution in [1.82, 2.24) is 0 Å². The number of carbonyl (C=O) groups excluding carboxylic acids is 1. The summed E-state index contributed by atoms with van der Waals surface area (Å²) in [6, 6.07) is 7.12. The lowest BCUT2D eigenvalue weighted by Crippen LogP contribution is -2.05. The van der Waals surface area contributed by atoms with Crippen LogP contribution in [0.25, 0.3) is 0 Å². The van der Waals surface area contributed by atoms with Gasteiger partial charge in [-0.3, -0.25) is 4.79 Å². The van der Waals surface area contributed by atoms with Crippen LogP contribution in [0.2, 0.25) is 5.02 Å². The zero-order valence-corrected chi connectivity index (χ0v) is 10.1. The van der Waals surface area contributed by atoms with Crippen molar-refractivity contribution >= 4 is 17.4 Å². The highest BCUT2D eigenvalue weighted by atomic mass is 35.5. The summed E-state index contributed by atoms with van der Waals surface area (Å²) in [7, 11) is 0. The molecule has 0 saturated heterocycles. The molecule has 0 aromatic heterocycles. The van der Waals surface area contributed by atoms with Crippen molar-refractivity contribution in [3.05, 3.63) is 34.9 Å². The maximum absolute atomic E-state index is 11.8. The van der Waals surface area contributed by atoms with Crippen LogP contribution in [0, 0.1) is 5.92 Å². The van der Waals surface area contributed by atoms with Gasteiger partial charge in [-0.15, -0.1) is 0 Å². The Hall–Kier alpha value is -0.820. The van der Waals surface area contributed by atoms with Gasteiger partial charge in [-0.1, -0.05) is 38.3 Å². The van der Waals surface area contributed by atoms with E-state index in [9.17, 15) is 4.79 Å². The Morgan fingerprint density at radius 1 is 1.33 bits per heavy atom. The second kappa shape index (κ2) is 5.92. The number of hydrogen-bond acceptors (Lipinski definition) is 1. The van der Waals surface area contributed by atoms with Gasteiger partial charge in [0.15, 0.2) is 5.78 Å². The number of benzene rings is 1. The van der Waals surface area contributed by atoms with Crippen LogP contribution in [-0.2, 0) is 0 Å². The number of carbonyl (C=O) groups is 1. The Balaban J connectivity index is 2.57. The van der Waals surface area contributed by atoms with Crippen LogP contribution in [0.1, 0.15) is 43.5 Å². The van der Waals surface area contributed by atoms with Gasteiger partial charge in [-0.05, 0) is 30.2 Å². The fourth-order valence-electron chi connectivity index (χ4n) is 1.66. The topological polar surface area (TPSA) is 17.1 Å². The van der Waals surface area contributed by atoms with E-state index < -0.39 is 0 Å². The molecule has 1 aromatic rings. The SMILES string of the molecule is CCCC(C)CC(=O)c1ccc(Cl)cc1. The largest absolute Gasteiger partial charge is 0.294 e. The van der Waals surface area contributed by atoms with Gasteiger partial charge in [-0.2, -0.15) is 0 Å². The summed E-state index contributed by atoms with van der Waals surface area (Å²) in [6.45, 7) is 4.26. The number of rotatable bonds is 5. The molecule has 0 saturated carbocycles. The van der Waals surface area contributed by atoms with E-state index in [1.54, 1.807) is 24.3 Å². The molecule has 0 aliphatic heterocycles. The highest BCUT2D eigenvalue weighted by Gasteiger charge is 2.10. The first kappa shape index (κ1) is 12.3. The minimum atomic E-state index is 0.215. The van der Waals surface area contributed by atoms with Gasteiger partial charge in [0, 0.05) is 17.0 Å². The molecule has 0 bridgehead atoms. The van der Waals surface area contributed by atoms with Gasteiger partial charge in [0.25, 0.3) is 0 Å². The second-order valence-corrected chi connectivity index (χ2v) is 4.46. The fourth-order valence-corrected chi connectivity index (χ4v) is 1.79. The lowest BCUT2D eigenvalue weighted by Gasteiger charge is -2.08. The van der Waals surface area contributed by atoms with E-state index in [-0.39, 0.29) is 5.78 Å². The Bertz CT molecular complexity index is 316. The Kier molecular flexibility index (Phi) is 4.83. The molecule has 1 unspecified atom stereocenters. The van der Waals surface area contributed by atoms with Crippen LogP contribution in [0.3, 0.4) is 0 Å². The van der Waals surface area contributed by atoms with E-state index in [1.165, 1.54) is 0 Å². The monoisotopic (exact) mass is 224 g/mol. The van der Waals surface area contributed by atoms with Crippen LogP contribution in [0.4, 0.5) is 0 Å². The van der Waals surface area contributed by atoms with E-state index in [0.29, 0.717) is 17.4 Å². The predicted molar refractivity (Wildman–Crippen MR) is 64.5 cm³/mol. The first-order valence-electron chi connectivity index (χ1n) is 5.42. The molecule has 2 heteroatoms. The number of halogens is 1. The fraction of sp³-hybridized carbons (Fsp3) is 0.462. The molecule has 1 rings (SSSR count). The molecule has 0 amide bonds. The van der Waals surface area contributed by atoms with E-state index >= 15 is 0 Å². The average Bonchev–Trinajstić information content (AvgIpc) is 2.18. The number of hydrogen-bond donors (Lipinski definition) is 0. The minimum Gasteiger partial charge on any atom is -0.294 e. The summed E-state index contributed by atoms with van der Waals surface area (Å²) in [5.74, 6) is 0.686. The van der Waals surface area contributed by atoms with Crippen molar-refractivity contribution in [3.8, 4) is 0 Å². The maximum atomic E-state index is 11.8. The minimum absolute atomic E-state index is 0.215. The van der Waals surface area contributed by atoms with Gasteiger partial charge >= 0.3 is 0 Å². The highest BCUT2D eigenvalue weighted by Crippen LogP contribution is 2.16. The first-order chi connectivity index (χ1) is 7.13. The lowest BCUT2D eigenvalue weighted by atomic mass is 9.96. The standard InChI is InChI=1S/C13H17ClO/c1-3-4-10(2)9-13(15)11-5-7-12(14)8-6-11/h5-8,10H,3-4,9H2,1-2H3. The molecule has 1 nitrogen and oxygen atoms in total. The third kappa shape index (κ3) is 4.05. The molecule has 0 radical (unpaired) electrons. The van der Waals surface area contributed by atoms with E-state index in [2.05, 4.69) is 13.8 Å². The smallest absolute Gasteiger partial charge is 0.163 e. The third-order valence-electron chi connectivity index (χ3n) is 2.48. The Labute approximate surface area is 96.5 Å². The van der Waals surface area contributed by atoms with Crippen LogP contribution >= 0.6 is 11.6 Å². The lowest BCUT2D eigenvalue weighted by molar-refractivity contribution is 0.0962. The molecule has 0 N–H and O–H groups in total. The predicted octanol–water partition coefficient (Wildman–Crippen LogP) is 4.35. The second-order valence-electron chi connectivity index (χ2n) is 4.03. The van der Waals surface area contributed by atoms with Crippen LogP contribution < -0.4 is 0 Å². The van der Waals surface area contributed by atoms with Gasteiger partial charge in [0.2, 0.25) is 0 Å². The molecule has 0 aliphatic rings.